The van der Waals surface area contributed by atoms with Crippen molar-refractivity contribution in [2.75, 3.05) is 5.32 Å². The summed E-state index contributed by atoms with van der Waals surface area (Å²) < 4.78 is 1.55. The highest BCUT2D eigenvalue weighted by atomic mass is 32.1. The van der Waals surface area contributed by atoms with Gasteiger partial charge in [-0.1, -0.05) is 0 Å². The van der Waals surface area contributed by atoms with Gasteiger partial charge in [-0.3, -0.25) is 9.48 Å². The molecule has 0 aromatic carbocycles. The second-order valence-corrected chi connectivity index (χ2v) is 4.80. The number of anilines is 1. The van der Waals surface area contributed by atoms with Gasteiger partial charge in [0, 0.05) is 13.1 Å². The Morgan fingerprint density at radius 3 is 2.56 bits per heavy atom. The first kappa shape index (κ1) is 12.3. The van der Waals surface area contributed by atoms with Crippen LogP contribution in [-0.2, 0) is 7.05 Å². The van der Waals surface area contributed by atoms with Gasteiger partial charge in [0.25, 0.3) is 5.91 Å². The smallest absolute Gasteiger partial charge is 0.345 e. The molecule has 2 rings (SSSR count). The minimum Gasteiger partial charge on any atom is -0.477 e. The molecular formula is C11H11N3O3S. The fourth-order valence-corrected chi connectivity index (χ4v) is 2.22. The second kappa shape index (κ2) is 4.61. The lowest BCUT2D eigenvalue weighted by Crippen LogP contribution is -2.13. The molecule has 0 aliphatic rings. The van der Waals surface area contributed by atoms with Gasteiger partial charge in [-0.05, 0) is 19.1 Å². The molecule has 0 saturated heterocycles. The number of rotatable bonds is 3. The van der Waals surface area contributed by atoms with E-state index in [9.17, 15) is 9.59 Å². The van der Waals surface area contributed by atoms with Crippen molar-refractivity contribution < 1.29 is 14.7 Å². The van der Waals surface area contributed by atoms with E-state index in [1.165, 1.54) is 12.1 Å². The number of thiophene rings is 1. The minimum atomic E-state index is -1.03. The lowest BCUT2D eigenvalue weighted by molar-refractivity contribution is 0.0702. The molecule has 2 N–H and O–H groups in total. The number of aromatic carboxylic acids is 1. The van der Waals surface area contributed by atoms with Crippen LogP contribution in [-0.4, -0.2) is 26.8 Å². The number of nitrogens with zero attached hydrogens (tertiary/aromatic N) is 2. The summed E-state index contributed by atoms with van der Waals surface area (Å²) in [5, 5.41) is 15.6. The Hall–Kier alpha value is -2.15. The van der Waals surface area contributed by atoms with E-state index in [0.717, 1.165) is 17.0 Å². The molecule has 0 radical (unpaired) electrons. The summed E-state index contributed by atoms with van der Waals surface area (Å²) in [6, 6.07) is 4.65. The number of carbonyl (C=O) groups is 2. The van der Waals surface area contributed by atoms with E-state index in [1.807, 2.05) is 6.92 Å². The van der Waals surface area contributed by atoms with E-state index in [1.54, 1.807) is 17.8 Å². The van der Waals surface area contributed by atoms with Crippen LogP contribution in [0, 0.1) is 6.92 Å². The Balaban J connectivity index is 2.16. The molecule has 94 valence electrons. The van der Waals surface area contributed by atoms with Crippen LogP contribution in [0.4, 0.5) is 5.82 Å². The predicted molar refractivity (Wildman–Crippen MR) is 67.2 cm³/mol. The standard InChI is InChI=1S/C11H11N3O3S/c1-6-5-9(14(2)13-6)12-10(15)7-3-4-8(18-7)11(16)17/h3-5H,1-2H3,(H,12,15)(H,16,17). The Morgan fingerprint density at radius 2 is 2.06 bits per heavy atom. The minimum absolute atomic E-state index is 0.140. The SMILES string of the molecule is Cc1cc(NC(=O)c2ccc(C(=O)O)s2)n(C)n1. The van der Waals surface area contributed by atoms with Crippen LogP contribution in [0.3, 0.4) is 0 Å². The van der Waals surface area contributed by atoms with Gasteiger partial charge in [0.2, 0.25) is 0 Å². The number of carbonyl (C=O) groups excluding carboxylic acids is 1. The maximum atomic E-state index is 11.9. The number of hydrogen-bond acceptors (Lipinski definition) is 4. The predicted octanol–water partition coefficient (Wildman–Crippen LogP) is 1.74. The molecule has 18 heavy (non-hydrogen) atoms. The lowest BCUT2D eigenvalue weighted by Gasteiger charge is -2.02. The van der Waals surface area contributed by atoms with Crippen LogP contribution < -0.4 is 5.32 Å². The maximum absolute atomic E-state index is 11.9. The Bertz CT molecular complexity index is 615. The third-order valence-corrected chi connectivity index (χ3v) is 3.36. The lowest BCUT2D eigenvalue weighted by atomic mass is 10.4. The molecule has 0 aliphatic carbocycles. The van der Waals surface area contributed by atoms with Crippen LogP contribution in [0.2, 0.25) is 0 Å². The molecule has 0 unspecified atom stereocenters. The molecule has 0 aliphatic heterocycles. The van der Waals surface area contributed by atoms with Gasteiger partial charge >= 0.3 is 5.97 Å². The van der Waals surface area contributed by atoms with Gasteiger partial charge < -0.3 is 10.4 Å². The average molecular weight is 265 g/mol. The zero-order chi connectivity index (χ0) is 13.3. The molecule has 7 heteroatoms. The first-order valence-corrected chi connectivity index (χ1v) is 5.94. The summed E-state index contributed by atoms with van der Waals surface area (Å²) in [6.07, 6.45) is 0. The van der Waals surface area contributed by atoms with Crippen molar-refractivity contribution in [2.45, 2.75) is 6.92 Å². The molecule has 1 amide bonds. The van der Waals surface area contributed by atoms with E-state index >= 15 is 0 Å². The number of amides is 1. The fraction of sp³-hybridized carbons (Fsp3) is 0.182. The van der Waals surface area contributed by atoms with Crippen LogP contribution in [0.1, 0.15) is 25.0 Å². The molecule has 2 heterocycles. The number of carboxylic acid groups (broad SMARTS) is 1. The third kappa shape index (κ3) is 2.40. The molecule has 0 fully saturated rings. The monoisotopic (exact) mass is 265 g/mol. The molecule has 2 aromatic heterocycles. The summed E-state index contributed by atoms with van der Waals surface area (Å²) in [7, 11) is 1.72. The van der Waals surface area contributed by atoms with Crippen molar-refractivity contribution in [2.24, 2.45) is 7.05 Å². The largest absolute Gasteiger partial charge is 0.477 e. The van der Waals surface area contributed by atoms with Gasteiger partial charge in [0.1, 0.15) is 10.7 Å². The van der Waals surface area contributed by atoms with Crippen LogP contribution >= 0.6 is 11.3 Å². The zero-order valence-corrected chi connectivity index (χ0v) is 10.6. The zero-order valence-electron chi connectivity index (χ0n) is 9.80. The molecule has 6 nitrogen and oxygen atoms in total. The van der Waals surface area contributed by atoms with E-state index in [2.05, 4.69) is 10.4 Å². The Kier molecular flexibility index (Phi) is 3.15. The molecule has 0 saturated carbocycles. The summed E-state index contributed by atoms with van der Waals surface area (Å²) in [4.78, 5) is 23.1. The van der Waals surface area contributed by atoms with Crippen molar-refractivity contribution in [3.63, 3.8) is 0 Å². The number of aromatic nitrogens is 2. The van der Waals surface area contributed by atoms with Gasteiger partial charge in [-0.2, -0.15) is 5.10 Å². The summed E-state index contributed by atoms with van der Waals surface area (Å²) >= 11 is 0.940. The normalized spacial score (nSPS) is 10.3. The van der Waals surface area contributed by atoms with E-state index in [-0.39, 0.29) is 10.8 Å². The Morgan fingerprint density at radius 1 is 1.39 bits per heavy atom. The van der Waals surface area contributed by atoms with Crippen molar-refractivity contribution in [1.82, 2.24) is 9.78 Å². The van der Waals surface area contributed by atoms with Crippen molar-refractivity contribution >= 4 is 29.0 Å². The number of hydrogen-bond donors (Lipinski definition) is 2. The highest BCUT2D eigenvalue weighted by molar-refractivity contribution is 7.15. The maximum Gasteiger partial charge on any atom is 0.345 e. The first-order chi connectivity index (χ1) is 8.47. The average Bonchev–Trinajstić information content (AvgIpc) is 2.86. The third-order valence-electron chi connectivity index (χ3n) is 2.28. The quantitative estimate of drug-likeness (QED) is 0.885. The van der Waals surface area contributed by atoms with Crippen LogP contribution in [0.15, 0.2) is 18.2 Å². The van der Waals surface area contributed by atoms with Crippen molar-refractivity contribution in [1.29, 1.82) is 0 Å². The first-order valence-electron chi connectivity index (χ1n) is 5.12. The summed E-state index contributed by atoms with van der Waals surface area (Å²) in [5.41, 5.74) is 0.796. The van der Waals surface area contributed by atoms with Gasteiger partial charge in [-0.15, -0.1) is 11.3 Å². The van der Waals surface area contributed by atoms with E-state index < -0.39 is 5.97 Å². The summed E-state index contributed by atoms with van der Waals surface area (Å²) in [5.74, 6) is -0.797. The molecule has 0 bridgehead atoms. The van der Waals surface area contributed by atoms with Crippen LogP contribution in [0.5, 0.6) is 0 Å². The van der Waals surface area contributed by atoms with Crippen molar-refractivity contribution in [3.05, 3.63) is 33.6 Å². The topological polar surface area (TPSA) is 84.2 Å². The van der Waals surface area contributed by atoms with Gasteiger partial charge in [-0.25, -0.2) is 4.79 Å². The highest BCUT2D eigenvalue weighted by Gasteiger charge is 2.14. The molecule has 0 atom stereocenters. The number of aryl methyl sites for hydroxylation is 2. The van der Waals surface area contributed by atoms with Gasteiger partial charge in [0.05, 0.1) is 10.6 Å². The highest BCUT2D eigenvalue weighted by Crippen LogP contribution is 2.18. The van der Waals surface area contributed by atoms with E-state index in [4.69, 9.17) is 5.11 Å². The van der Waals surface area contributed by atoms with E-state index in [0.29, 0.717) is 10.7 Å². The second-order valence-electron chi connectivity index (χ2n) is 3.72. The molecular weight excluding hydrogens is 254 g/mol. The van der Waals surface area contributed by atoms with Crippen molar-refractivity contribution in [3.8, 4) is 0 Å². The number of nitrogens with one attached hydrogen (secondary N) is 1. The number of carboxylic acids is 1. The van der Waals surface area contributed by atoms with Gasteiger partial charge in [0.15, 0.2) is 0 Å². The molecule has 0 spiro atoms. The molecule has 2 aromatic rings. The Labute approximate surface area is 107 Å². The summed E-state index contributed by atoms with van der Waals surface area (Å²) in [6.45, 7) is 1.82. The van der Waals surface area contributed by atoms with Crippen LogP contribution in [0.25, 0.3) is 0 Å². The fourth-order valence-electron chi connectivity index (χ4n) is 1.48.